The molecule has 0 saturated carbocycles. The Kier molecular flexibility index (Phi) is 4.40. The molecule has 0 spiro atoms. The summed E-state index contributed by atoms with van der Waals surface area (Å²) in [6, 6.07) is 9.78. The molecule has 1 aromatic carbocycles. The predicted molar refractivity (Wildman–Crippen MR) is 73.9 cm³/mol. The van der Waals surface area contributed by atoms with E-state index in [2.05, 4.69) is 15.5 Å². The molecular weight excluding hydrogens is 262 g/mol. The second-order valence-electron chi connectivity index (χ2n) is 4.01. The van der Waals surface area contributed by atoms with E-state index >= 15 is 0 Å². The zero-order chi connectivity index (χ0) is 13.7. The van der Waals surface area contributed by atoms with Crippen LogP contribution >= 0.6 is 11.8 Å². The van der Waals surface area contributed by atoms with Gasteiger partial charge >= 0.3 is 0 Å². The van der Waals surface area contributed by atoms with E-state index in [0.29, 0.717) is 5.16 Å². The number of nitrogens with zero attached hydrogens (tertiary/aromatic N) is 3. The van der Waals surface area contributed by atoms with Crippen LogP contribution in [0.25, 0.3) is 0 Å². The van der Waals surface area contributed by atoms with Crippen molar-refractivity contribution >= 4 is 17.7 Å². The average Bonchev–Trinajstić information content (AvgIpc) is 2.83. The first kappa shape index (κ1) is 13.4. The first-order valence-corrected chi connectivity index (χ1v) is 6.77. The fourth-order valence-electron chi connectivity index (χ4n) is 1.57. The lowest BCUT2D eigenvalue weighted by Gasteiger charge is -2.13. The monoisotopic (exact) mass is 277 g/mol. The Morgan fingerprint density at radius 2 is 2.21 bits per heavy atom. The normalized spacial score (nSPS) is 12.1. The number of aromatic nitrogens is 3. The highest BCUT2D eigenvalue weighted by Crippen LogP contribution is 2.14. The van der Waals surface area contributed by atoms with E-state index in [9.17, 15) is 4.79 Å². The summed E-state index contributed by atoms with van der Waals surface area (Å²) in [6.45, 7) is 1.95. The SMILES string of the molecule is C[C@H](NC(=O)CSc1nncn1N)c1ccccc1. The second-order valence-corrected chi connectivity index (χ2v) is 4.95. The van der Waals surface area contributed by atoms with Crippen LogP contribution in [0.1, 0.15) is 18.5 Å². The fraction of sp³-hybridized carbons (Fsp3) is 0.250. The van der Waals surface area contributed by atoms with Gasteiger partial charge in [-0.15, -0.1) is 10.2 Å². The van der Waals surface area contributed by atoms with Crippen molar-refractivity contribution in [1.29, 1.82) is 0 Å². The molecule has 0 saturated heterocycles. The number of carbonyl (C=O) groups is 1. The molecule has 2 aromatic rings. The summed E-state index contributed by atoms with van der Waals surface area (Å²) in [5.74, 6) is 5.75. The highest BCUT2D eigenvalue weighted by molar-refractivity contribution is 7.99. The number of hydrogen-bond acceptors (Lipinski definition) is 5. The predicted octanol–water partition coefficient (Wildman–Crippen LogP) is 0.961. The van der Waals surface area contributed by atoms with Crippen molar-refractivity contribution in [1.82, 2.24) is 20.2 Å². The van der Waals surface area contributed by atoms with E-state index in [1.54, 1.807) is 0 Å². The molecule has 1 heterocycles. The van der Waals surface area contributed by atoms with Crippen LogP contribution in [0.15, 0.2) is 41.8 Å². The third-order valence-electron chi connectivity index (χ3n) is 2.55. The summed E-state index contributed by atoms with van der Waals surface area (Å²) in [5.41, 5.74) is 1.07. The standard InChI is InChI=1S/C12H15N5OS/c1-9(10-5-3-2-4-6-10)15-11(18)7-19-12-16-14-8-17(12)13/h2-6,8-9H,7,13H2,1H3,(H,15,18)/t9-/m0/s1. The number of nitrogen functional groups attached to an aromatic ring is 1. The zero-order valence-corrected chi connectivity index (χ0v) is 11.3. The maximum absolute atomic E-state index is 11.8. The molecule has 0 aliphatic rings. The second kappa shape index (κ2) is 6.24. The average molecular weight is 277 g/mol. The zero-order valence-electron chi connectivity index (χ0n) is 10.5. The maximum atomic E-state index is 11.8. The molecule has 0 aliphatic carbocycles. The largest absolute Gasteiger partial charge is 0.349 e. The third kappa shape index (κ3) is 3.72. The van der Waals surface area contributed by atoms with E-state index in [1.165, 1.54) is 22.8 Å². The van der Waals surface area contributed by atoms with Crippen LogP contribution in [0.2, 0.25) is 0 Å². The van der Waals surface area contributed by atoms with Crippen LogP contribution in [0.3, 0.4) is 0 Å². The minimum absolute atomic E-state index is 0.0231. The number of rotatable bonds is 5. The van der Waals surface area contributed by atoms with Crippen molar-refractivity contribution in [3.05, 3.63) is 42.2 Å². The van der Waals surface area contributed by atoms with Crippen LogP contribution in [-0.2, 0) is 4.79 Å². The molecule has 3 N–H and O–H groups in total. The van der Waals surface area contributed by atoms with Gasteiger partial charge in [-0.05, 0) is 12.5 Å². The highest BCUT2D eigenvalue weighted by atomic mass is 32.2. The van der Waals surface area contributed by atoms with Crippen molar-refractivity contribution in [2.45, 2.75) is 18.1 Å². The Balaban J connectivity index is 1.83. The van der Waals surface area contributed by atoms with Crippen molar-refractivity contribution in [2.24, 2.45) is 0 Å². The molecule has 0 radical (unpaired) electrons. The number of nitrogens with one attached hydrogen (secondary N) is 1. The van der Waals surface area contributed by atoms with E-state index < -0.39 is 0 Å². The number of hydrogen-bond donors (Lipinski definition) is 2. The Bertz CT molecular complexity index is 542. The molecular formula is C12H15N5OS. The molecule has 1 aromatic heterocycles. The summed E-state index contributed by atoms with van der Waals surface area (Å²) >= 11 is 1.25. The Labute approximate surface area is 115 Å². The van der Waals surface area contributed by atoms with Gasteiger partial charge in [0, 0.05) is 0 Å². The Hall–Kier alpha value is -2.02. The van der Waals surface area contributed by atoms with Crippen molar-refractivity contribution in [3.8, 4) is 0 Å². The summed E-state index contributed by atoms with van der Waals surface area (Å²) in [5, 5.41) is 10.9. The summed E-state index contributed by atoms with van der Waals surface area (Å²) in [4.78, 5) is 11.8. The first-order chi connectivity index (χ1) is 9.16. The number of thioether (sulfide) groups is 1. The fourth-order valence-corrected chi connectivity index (χ4v) is 2.22. The van der Waals surface area contributed by atoms with Gasteiger partial charge < -0.3 is 11.2 Å². The van der Waals surface area contributed by atoms with E-state index in [1.807, 2.05) is 37.3 Å². The van der Waals surface area contributed by atoms with E-state index in [-0.39, 0.29) is 17.7 Å². The van der Waals surface area contributed by atoms with Crippen LogP contribution in [-0.4, -0.2) is 26.5 Å². The van der Waals surface area contributed by atoms with Gasteiger partial charge in [0.1, 0.15) is 6.33 Å². The van der Waals surface area contributed by atoms with Gasteiger partial charge in [-0.1, -0.05) is 42.1 Å². The lowest BCUT2D eigenvalue weighted by Crippen LogP contribution is -2.28. The maximum Gasteiger partial charge on any atom is 0.230 e. The van der Waals surface area contributed by atoms with Crippen LogP contribution in [0, 0.1) is 0 Å². The quantitative estimate of drug-likeness (QED) is 0.628. The van der Waals surface area contributed by atoms with Gasteiger partial charge in [0.25, 0.3) is 0 Å². The van der Waals surface area contributed by atoms with Crippen molar-refractivity contribution < 1.29 is 4.79 Å². The highest BCUT2D eigenvalue weighted by Gasteiger charge is 2.11. The van der Waals surface area contributed by atoms with Crippen LogP contribution in [0.4, 0.5) is 0 Å². The minimum Gasteiger partial charge on any atom is -0.349 e. The summed E-state index contributed by atoms with van der Waals surface area (Å²) in [6.07, 6.45) is 1.40. The van der Waals surface area contributed by atoms with Gasteiger partial charge in [-0.25, -0.2) is 4.68 Å². The minimum atomic E-state index is -0.0654. The molecule has 1 atom stereocenters. The van der Waals surface area contributed by atoms with Crippen LogP contribution in [0.5, 0.6) is 0 Å². The molecule has 0 aliphatic heterocycles. The van der Waals surface area contributed by atoms with E-state index in [4.69, 9.17) is 5.84 Å². The molecule has 0 fully saturated rings. The smallest absolute Gasteiger partial charge is 0.230 e. The number of carbonyl (C=O) groups excluding carboxylic acids is 1. The summed E-state index contributed by atoms with van der Waals surface area (Å²) in [7, 11) is 0. The molecule has 19 heavy (non-hydrogen) atoms. The number of nitrogens with two attached hydrogens (primary N) is 1. The molecule has 2 rings (SSSR count). The van der Waals surface area contributed by atoms with Gasteiger partial charge in [-0.3, -0.25) is 4.79 Å². The van der Waals surface area contributed by atoms with Crippen LogP contribution < -0.4 is 11.2 Å². The van der Waals surface area contributed by atoms with Gasteiger partial charge in [0.15, 0.2) is 0 Å². The Morgan fingerprint density at radius 1 is 1.47 bits per heavy atom. The molecule has 0 unspecified atom stereocenters. The van der Waals surface area contributed by atoms with Gasteiger partial charge in [0.05, 0.1) is 11.8 Å². The lowest BCUT2D eigenvalue weighted by atomic mass is 10.1. The number of benzene rings is 1. The molecule has 7 heteroatoms. The summed E-state index contributed by atoms with van der Waals surface area (Å²) < 4.78 is 1.29. The number of amides is 1. The van der Waals surface area contributed by atoms with E-state index in [0.717, 1.165) is 5.56 Å². The molecule has 100 valence electrons. The molecule has 0 bridgehead atoms. The topological polar surface area (TPSA) is 85.8 Å². The molecule has 6 nitrogen and oxygen atoms in total. The third-order valence-corrected chi connectivity index (χ3v) is 3.51. The lowest BCUT2D eigenvalue weighted by molar-refractivity contribution is -0.119. The van der Waals surface area contributed by atoms with Crippen molar-refractivity contribution in [2.75, 3.05) is 11.6 Å². The Morgan fingerprint density at radius 3 is 2.84 bits per heavy atom. The van der Waals surface area contributed by atoms with Crippen molar-refractivity contribution in [3.63, 3.8) is 0 Å². The van der Waals surface area contributed by atoms with Gasteiger partial charge in [-0.2, -0.15) is 0 Å². The van der Waals surface area contributed by atoms with Gasteiger partial charge in [0.2, 0.25) is 11.1 Å². The first-order valence-electron chi connectivity index (χ1n) is 5.79. The molecule has 1 amide bonds.